The maximum Gasteiger partial charge on any atom is 0.126 e. The fourth-order valence-electron chi connectivity index (χ4n) is 5.00. The summed E-state index contributed by atoms with van der Waals surface area (Å²) in [6.07, 6.45) is 4.58. The minimum absolute atomic E-state index is 0.125. The van der Waals surface area contributed by atoms with Crippen molar-refractivity contribution in [1.82, 2.24) is 15.1 Å². The average molecular weight is 414 g/mol. The van der Waals surface area contributed by atoms with E-state index in [1.54, 1.807) is 0 Å². The lowest BCUT2D eigenvalue weighted by Gasteiger charge is -2.39. The van der Waals surface area contributed by atoms with E-state index in [1.165, 1.54) is 28.9 Å². The molecule has 28 heavy (non-hydrogen) atoms. The molecule has 2 aromatic rings. The van der Waals surface area contributed by atoms with Gasteiger partial charge in [-0.2, -0.15) is 0 Å². The second-order valence-corrected chi connectivity index (χ2v) is 8.91. The summed E-state index contributed by atoms with van der Waals surface area (Å²) >= 11 is 13.0. The molecule has 0 spiro atoms. The number of likely N-dealkylation sites (N-methyl/N-ethyl adjacent to an activating group) is 1. The van der Waals surface area contributed by atoms with E-state index < -0.39 is 0 Å². The molecular weight excluding hydrogens is 389 g/mol. The summed E-state index contributed by atoms with van der Waals surface area (Å²) < 4.78 is 0. The van der Waals surface area contributed by atoms with Crippen molar-refractivity contribution >= 4 is 23.2 Å². The molecule has 3 nitrogen and oxygen atoms in total. The van der Waals surface area contributed by atoms with Gasteiger partial charge >= 0.3 is 0 Å². The van der Waals surface area contributed by atoms with Crippen molar-refractivity contribution in [3.63, 3.8) is 0 Å². The van der Waals surface area contributed by atoms with E-state index >= 15 is 0 Å². The van der Waals surface area contributed by atoms with E-state index in [0.29, 0.717) is 6.04 Å². The molecule has 2 unspecified atom stereocenters. The number of fused-ring (bicyclic) bond motifs is 1. The number of halogens is 2. The smallest absolute Gasteiger partial charge is 0.126 e. The van der Waals surface area contributed by atoms with Crippen LogP contribution in [0, 0.1) is 0 Å². The standard InChI is InChI=1S/C23H25Cl2N3/c1-27-22-14-28(16-10-9-15-5-4-8-20(25)18(15)13-16)12-11-21(22)26-23(27)17-6-2-3-7-19(17)24/h2-8,16,23,26H,9-14H2,1H3. The van der Waals surface area contributed by atoms with Gasteiger partial charge in [0.25, 0.3) is 0 Å². The third-order valence-corrected chi connectivity index (χ3v) is 7.29. The highest BCUT2D eigenvalue weighted by Gasteiger charge is 2.36. The molecule has 1 aliphatic carbocycles. The Hall–Kier alpha value is -1.68. The van der Waals surface area contributed by atoms with Gasteiger partial charge in [-0.25, -0.2) is 0 Å². The summed E-state index contributed by atoms with van der Waals surface area (Å²) in [5, 5.41) is 5.47. The van der Waals surface area contributed by atoms with Gasteiger partial charge in [0.2, 0.25) is 0 Å². The lowest BCUT2D eigenvalue weighted by atomic mass is 9.87. The Balaban J connectivity index is 1.33. The van der Waals surface area contributed by atoms with Gasteiger partial charge in [0, 0.05) is 59.6 Å². The molecule has 0 amide bonds. The van der Waals surface area contributed by atoms with Crippen LogP contribution in [0.3, 0.4) is 0 Å². The molecule has 3 aliphatic rings. The zero-order chi connectivity index (χ0) is 19.3. The first-order valence-electron chi connectivity index (χ1n) is 10.1. The first-order valence-corrected chi connectivity index (χ1v) is 10.8. The fraction of sp³-hybridized carbons (Fsp3) is 0.391. The summed E-state index contributed by atoms with van der Waals surface area (Å²) in [5.41, 5.74) is 6.70. The highest BCUT2D eigenvalue weighted by molar-refractivity contribution is 6.31. The van der Waals surface area contributed by atoms with Crippen LogP contribution in [0.2, 0.25) is 10.0 Å². The maximum atomic E-state index is 6.50. The van der Waals surface area contributed by atoms with Crippen molar-refractivity contribution in [2.45, 2.75) is 37.9 Å². The Morgan fingerprint density at radius 2 is 1.82 bits per heavy atom. The van der Waals surface area contributed by atoms with E-state index in [4.69, 9.17) is 23.2 Å². The molecule has 2 heterocycles. The van der Waals surface area contributed by atoms with Crippen molar-refractivity contribution in [1.29, 1.82) is 0 Å². The highest BCUT2D eigenvalue weighted by Crippen LogP contribution is 2.38. The molecule has 5 heteroatoms. The second-order valence-electron chi connectivity index (χ2n) is 8.10. The largest absolute Gasteiger partial charge is 0.363 e. The van der Waals surface area contributed by atoms with Crippen LogP contribution in [-0.2, 0) is 12.8 Å². The summed E-state index contributed by atoms with van der Waals surface area (Å²) in [6, 6.07) is 15.0. The Kier molecular flexibility index (Phi) is 4.78. The number of hydrogen-bond donors (Lipinski definition) is 1. The van der Waals surface area contributed by atoms with Crippen LogP contribution in [0.5, 0.6) is 0 Å². The number of aryl methyl sites for hydroxylation is 1. The summed E-state index contributed by atoms with van der Waals surface area (Å²) in [6.45, 7) is 2.09. The van der Waals surface area contributed by atoms with Gasteiger partial charge in [-0.1, -0.05) is 53.5 Å². The zero-order valence-corrected chi connectivity index (χ0v) is 17.6. The van der Waals surface area contributed by atoms with Gasteiger partial charge in [-0.3, -0.25) is 4.90 Å². The molecule has 2 aromatic carbocycles. The lowest BCUT2D eigenvalue weighted by molar-refractivity contribution is 0.172. The quantitative estimate of drug-likeness (QED) is 0.746. The van der Waals surface area contributed by atoms with Gasteiger partial charge in [-0.15, -0.1) is 0 Å². The second kappa shape index (κ2) is 7.29. The molecule has 0 radical (unpaired) electrons. The van der Waals surface area contributed by atoms with Crippen molar-refractivity contribution in [2.75, 3.05) is 20.1 Å². The average Bonchev–Trinajstić information content (AvgIpc) is 3.04. The summed E-state index contributed by atoms with van der Waals surface area (Å²) in [5.74, 6) is 0. The SMILES string of the molecule is CN1C2=C(CCN(C3CCc4cccc(Cl)c4C3)C2)NC1c1ccccc1Cl. The predicted octanol–water partition coefficient (Wildman–Crippen LogP) is 5.00. The van der Waals surface area contributed by atoms with Crippen LogP contribution in [0.25, 0.3) is 0 Å². The van der Waals surface area contributed by atoms with Crippen LogP contribution < -0.4 is 5.32 Å². The first-order chi connectivity index (χ1) is 13.6. The molecule has 0 saturated carbocycles. The number of nitrogens with zero attached hydrogens (tertiary/aromatic N) is 2. The number of benzene rings is 2. The molecule has 5 rings (SSSR count). The molecule has 146 valence electrons. The van der Waals surface area contributed by atoms with E-state index in [1.807, 2.05) is 18.2 Å². The lowest BCUT2D eigenvalue weighted by Crippen LogP contribution is -2.44. The topological polar surface area (TPSA) is 18.5 Å². The van der Waals surface area contributed by atoms with Gasteiger partial charge in [0.05, 0.1) is 0 Å². The van der Waals surface area contributed by atoms with Crippen LogP contribution in [0.15, 0.2) is 53.9 Å². The van der Waals surface area contributed by atoms with Crippen LogP contribution in [0.4, 0.5) is 0 Å². The molecule has 2 atom stereocenters. The van der Waals surface area contributed by atoms with E-state index in [-0.39, 0.29) is 6.17 Å². The predicted molar refractivity (Wildman–Crippen MR) is 116 cm³/mol. The van der Waals surface area contributed by atoms with Crippen molar-refractivity contribution in [2.24, 2.45) is 0 Å². The van der Waals surface area contributed by atoms with Gasteiger partial charge < -0.3 is 10.2 Å². The van der Waals surface area contributed by atoms with E-state index in [0.717, 1.165) is 48.0 Å². The first kappa shape index (κ1) is 18.4. The minimum atomic E-state index is 0.125. The third kappa shape index (κ3) is 3.10. The molecule has 0 fully saturated rings. The number of nitrogens with one attached hydrogen (secondary N) is 1. The molecule has 0 saturated heterocycles. The fourth-order valence-corrected chi connectivity index (χ4v) is 5.51. The van der Waals surface area contributed by atoms with Crippen molar-refractivity contribution < 1.29 is 0 Å². The zero-order valence-electron chi connectivity index (χ0n) is 16.1. The maximum absolute atomic E-state index is 6.50. The third-order valence-electron chi connectivity index (χ3n) is 6.59. The Bertz CT molecular complexity index is 939. The monoisotopic (exact) mass is 413 g/mol. The van der Waals surface area contributed by atoms with Crippen molar-refractivity contribution in [3.05, 3.63) is 80.6 Å². The van der Waals surface area contributed by atoms with E-state index in [2.05, 4.69) is 46.4 Å². The molecular formula is C23H25Cl2N3. The van der Waals surface area contributed by atoms with Crippen LogP contribution in [0.1, 0.15) is 35.7 Å². The highest BCUT2D eigenvalue weighted by atomic mass is 35.5. The van der Waals surface area contributed by atoms with Gasteiger partial charge in [-0.05, 0) is 42.5 Å². The Morgan fingerprint density at radius 1 is 1.00 bits per heavy atom. The van der Waals surface area contributed by atoms with Gasteiger partial charge in [0.15, 0.2) is 0 Å². The number of hydrogen-bond acceptors (Lipinski definition) is 3. The minimum Gasteiger partial charge on any atom is -0.363 e. The Labute approximate surface area is 176 Å². The molecule has 2 aliphatic heterocycles. The van der Waals surface area contributed by atoms with Gasteiger partial charge in [0.1, 0.15) is 6.17 Å². The number of rotatable bonds is 2. The Morgan fingerprint density at radius 3 is 2.68 bits per heavy atom. The van der Waals surface area contributed by atoms with E-state index in [9.17, 15) is 0 Å². The summed E-state index contributed by atoms with van der Waals surface area (Å²) in [7, 11) is 2.18. The molecule has 0 bridgehead atoms. The van der Waals surface area contributed by atoms with Crippen LogP contribution in [-0.4, -0.2) is 36.0 Å². The van der Waals surface area contributed by atoms with Crippen molar-refractivity contribution in [3.8, 4) is 0 Å². The molecule has 1 N–H and O–H groups in total. The summed E-state index contributed by atoms with van der Waals surface area (Å²) in [4.78, 5) is 5.02. The van der Waals surface area contributed by atoms with Crippen LogP contribution >= 0.6 is 23.2 Å². The molecule has 0 aromatic heterocycles. The normalized spacial score (nSPS) is 24.8.